The van der Waals surface area contributed by atoms with E-state index >= 15 is 0 Å². The Labute approximate surface area is 123 Å². The lowest BCUT2D eigenvalue weighted by Crippen LogP contribution is -2.43. The van der Waals surface area contributed by atoms with Gasteiger partial charge in [0.25, 0.3) is 0 Å². The van der Waals surface area contributed by atoms with Crippen molar-refractivity contribution in [2.45, 2.75) is 30.6 Å². The van der Waals surface area contributed by atoms with Crippen molar-refractivity contribution in [1.29, 1.82) is 0 Å². The molecule has 110 valence electrons. The standard InChI is InChI=1S/C13H16ClNO4S/c14-10-3-1-4-11(7-10)20(18,19)15-9-13(5-2-6-13)8-12(16)17/h1,3-4,7,15H,2,5-6,8-9H2,(H,16,17). The molecule has 0 heterocycles. The summed E-state index contributed by atoms with van der Waals surface area (Å²) >= 11 is 5.78. The Balaban J connectivity index is 2.07. The van der Waals surface area contributed by atoms with Gasteiger partial charge in [-0.25, -0.2) is 13.1 Å². The molecular formula is C13H16ClNO4S. The molecule has 20 heavy (non-hydrogen) atoms. The number of carboxylic acids is 1. The molecule has 2 rings (SSSR count). The van der Waals surface area contributed by atoms with E-state index in [0.29, 0.717) is 5.02 Å². The third-order valence-corrected chi connectivity index (χ3v) is 5.32. The summed E-state index contributed by atoms with van der Waals surface area (Å²) in [6.07, 6.45) is 2.39. The Morgan fingerprint density at radius 1 is 1.40 bits per heavy atom. The number of benzene rings is 1. The third kappa shape index (κ3) is 3.50. The van der Waals surface area contributed by atoms with Gasteiger partial charge in [-0.1, -0.05) is 24.1 Å². The Kier molecular flexibility index (Phi) is 4.36. The largest absolute Gasteiger partial charge is 0.481 e. The molecule has 1 aromatic carbocycles. The summed E-state index contributed by atoms with van der Waals surface area (Å²) in [4.78, 5) is 10.9. The fraction of sp³-hybridized carbons (Fsp3) is 0.462. The van der Waals surface area contributed by atoms with E-state index in [2.05, 4.69) is 4.72 Å². The summed E-state index contributed by atoms with van der Waals surface area (Å²) in [5.41, 5.74) is -0.447. The van der Waals surface area contributed by atoms with Gasteiger partial charge in [0.1, 0.15) is 0 Å². The van der Waals surface area contributed by atoms with E-state index in [1.807, 2.05) is 0 Å². The van der Waals surface area contributed by atoms with Crippen LogP contribution in [0.5, 0.6) is 0 Å². The maximum absolute atomic E-state index is 12.1. The molecule has 0 atom stereocenters. The number of hydrogen-bond donors (Lipinski definition) is 2. The summed E-state index contributed by atoms with van der Waals surface area (Å²) in [5, 5.41) is 9.25. The lowest BCUT2D eigenvalue weighted by Gasteiger charge is -2.40. The first-order chi connectivity index (χ1) is 9.33. The molecule has 1 aliphatic carbocycles. The maximum atomic E-state index is 12.1. The van der Waals surface area contributed by atoms with Gasteiger partial charge in [0, 0.05) is 11.6 Å². The molecule has 0 aliphatic heterocycles. The van der Waals surface area contributed by atoms with E-state index in [4.69, 9.17) is 16.7 Å². The zero-order chi connectivity index (χ0) is 14.8. The van der Waals surface area contributed by atoms with Crippen LogP contribution in [-0.2, 0) is 14.8 Å². The quantitative estimate of drug-likeness (QED) is 0.843. The average Bonchev–Trinajstić information content (AvgIpc) is 2.32. The van der Waals surface area contributed by atoms with Gasteiger partial charge < -0.3 is 5.11 Å². The number of halogens is 1. The summed E-state index contributed by atoms with van der Waals surface area (Å²) in [7, 11) is -3.66. The summed E-state index contributed by atoms with van der Waals surface area (Å²) in [6, 6.07) is 5.99. The number of nitrogens with one attached hydrogen (secondary N) is 1. The van der Waals surface area contributed by atoms with Crippen LogP contribution in [0.3, 0.4) is 0 Å². The Morgan fingerprint density at radius 3 is 2.60 bits per heavy atom. The van der Waals surface area contributed by atoms with Crippen LogP contribution in [0.15, 0.2) is 29.2 Å². The lowest BCUT2D eigenvalue weighted by molar-refractivity contribution is -0.141. The molecule has 1 aliphatic rings. The van der Waals surface area contributed by atoms with Gasteiger partial charge in [0.15, 0.2) is 0 Å². The zero-order valence-corrected chi connectivity index (χ0v) is 12.4. The molecule has 1 saturated carbocycles. The van der Waals surface area contributed by atoms with E-state index in [0.717, 1.165) is 19.3 Å². The Morgan fingerprint density at radius 2 is 2.10 bits per heavy atom. The molecule has 0 radical (unpaired) electrons. The van der Waals surface area contributed by atoms with Crippen molar-refractivity contribution in [1.82, 2.24) is 4.72 Å². The molecule has 1 aromatic rings. The van der Waals surface area contributed by atoms with E-state index in [-0.39, 0.29) is 17.9 Å². The maximum Gasteiger partial charge on any atom is 0.303 e. The number of aliphatic carboxylic acids is 1. The minimum atomic E-state index is -3.66. The van der Waals surface area contributed by atoms with Crippen LogP contribution in [0.1, 0.15) is 25.7 Å². The van der Waals surface area contributed by atoms with Crippen molar-refractivity contribution >= 4 is 27.6 Å². The van der Waals surface area contributed by atoms with Gasteiger partial charge >= 0.3 is 5.97 Å². The second-order valence-electron chi connectivity index (χ2n) is 5.21. The molecule has 0 unspecified atom stereocenters. The second kappa shape index (κ2) is 5.71. The fourth-order valence-corrected chi connectivity index (χ4v) is 3.84. The van der Waals surface area contributed by atoms with Gasteiger partial charge in [-0.2, -0.15) is 0 Å². The second-order valence-corrected chi connectivity index (χ2v) is 7.41. The Bertz CT molecular complexity index is 611. The van der Waals surface area contributed by atoms with Crippen LogP contribution in [0.25, 0.3) is 0 Å². The average molecular weight is 318 g/mol. The van der Waals surface area contributed by atoms with Gasteiger partial charge in [-0.05, 0) is 36.5 Å². The highest BCUT2D eigenvalue weighted by molar-refractivity contribution is 7.89. The predicted octanol–water partition coefficient (Wildman–Crippen LogP) is 2.26. The van der Waals surface area contributed by atoms with E-state index in [1.54, 1.807) is 12.1 Å². The van der Waals surface area contributed by atoms with Crippen molar-refractivity contribution < 1.29 is 18.3 Å². The van der Waals surface area contributed by atoms with Crippen LogP contribution in [-0.4, -0.2) is 26.0 Å². The van der Waals surface area contributed by atoms with Crippen molar-refractivity contribution in [3.05, 3.63) is 29.3 Å². The van der Waals surface area contributed by atoms with Crippen molar-refractivity contribution in [3.63, 3.8) is 0 Å². The molecule has 1 fully saturated rings. The number of rotatable bonds is 6. The third-order valence-electron chi connectivity index (χ3n) is 3.68. The van der Waals surface area contributed by atoms with Crippen LogP contribution in [0.2, 0.25) is 5.02 Å². The highest BCUT2D eigenvalue weighted by atomic mass is 35.5. The van der Waals surface area contributed by atoms with Gasteiger partial charge in [-0.3, -0.25) is 4.79 Å². The van der Waals surface area contributed by atoms with Crippen molar-refractivity contribution in [2.24, 2.45) is 5.41 Å². The summed E-state index contributed by atoms with van der Waals surface area (Å²) < 4.78 is 26.8. The van der Waals surface area contributed by atoms with Gasteiger partial charge in [-0.15, -0.1) is 0 Å². The molecule has 0 spiro atoms. The topological polar surface area (TPSA) is 83.5 Å². The number of hydrogen-bond acceptors (Lipinski definition) is 3. The first-order valence-electron chi connectivity index (χ1n) is 6.30. The van der Waals surface area contributed by atoms with Crippen molar-refractivity contribution in [3.8, 4) is 0 Å². The predicted molar refractivity (Wildman–Crippen MR) is 75.2 cm³/mol. The first-order valence-corrected chi connectivity index (χ1v) is 8.16. The van der Waals surface area contributed by atoms with E-state index in [9.17, 15) is 13.2 Å². The van der Waals surface area contributed by atoms with Gasteiger partial charge in [0.2, 0.25) is 10.0 Å². The Hall–Kier alpha value is -1.11. The minimum absolute atomic E-state index is 0.00886. The number of carbonyl (C=O) groups is 1. The molecule has 0 saturated heterocycles. The molecule has 0 amide bonds. The minimum Gasteiger partial charge on any atom is -0.481 e. The molecule has 7 heteroatoms. The SMILES string of the molecule is O=C(O)CC1(CNS(=O)(=O)c2cccc(Cl)c2)CCC1. The van der Waals surface area contributed by atoms with Crippen LogP contribution in [0, 0.1) is 5.41 Å². The highest BCUT2D eigenvalue weighted by Crippen LogP contribution is 2.43. The smallest absolute Gasteiger partial charge is 0.303 e. The van der Waals surface area contributed by atoms with Crippen LogP contribution >= 0.6 is 11.6 Å². The molecule has 0 bridgehead atoms. The van der Waals surface area contributed by atoms with Crippen molar-refractivity contribution in [2.75, 3.05) is 6.54 Å². The number of carboxylic acid groups (broad SMARTS) is 1. The van der Waals surface area contributed by atoms with Gasteiger partial charge in [0.05, 0.1) is 11.3 Å². The molecule has 2 N–H and O–H groups in total. The lowest BCUT2D eigenvalue weighted by atomic mass is 9.67. The monoisotopic (exact) mass is 317 g/mol. The van der Waals surface area contributed by atoms with E-state index in [1.165, 1.54) is 12.1 Å². The fourth-order valence-electron chi connectivity index (χ4n) is 2.38. The van der Waals surface area contributed by atoms with Crippen LogP contribution in [0.4, 0.5) is 0 Å². The summed E-state index contributed by atoms with van der Waals surface area (Å²) in [6.45, 7) is 0.147. The van der Waals surface area contributed by atoms with Crippen LogP contribution < -0.4 is 4.72 Å². The highest BCUT2D eigenvalue weighted by Gasteiger charge is 2.39. The molecule has 5 nitrogen and oxygen atoms in total. The zero-order valence-electron chi connectivity index (χ0n) is 10.8. The first kappa shape index (κ1) is 15.3. The van der Waals surface area contributed by atoms with E-state index < -0.39 is 21.4 Å². The normalized spacial score (nSPS) is 17.4. The molecule has 0 aromatic heterocycles. The molecular weight excluding hydrogens is 302 g/mol. The number of sulfonamides is 1. The summed E-state index contributed by atoms with van der Waals surface area (Å²) in [5.74, 6) is -0.897.